The molecule has 0 aliphatic rings. The van der Waals surface area contributed by atoms with Crippen LogP contribution < -0.4 is 5.32 Å². The monoisotopic (exact) mass is 224 g/mol. The molecular weight excluding hydrogens is 208 g/mol. The maximum atomic E-state index is 4.32. The molecule has 0 aliphatic carbocycles. The molecule has 2 aromatic rings. The Kier molecular flexibility index (Phi) is 3.55. The Morgan fingerprint density at radius 1 is 0.941 bits per heavy atom. The van der Waals surface area contributed by atoms with Gasteiger partial charge in [0, 0.05) is 18.3 Å². The lowest BCUT2D eigenvalue weighted by molar-refractivity contribution is 1.37. The molecule has 0 atom stereocenters. The minimum atomic E-state index is 0.898. The van der Waals surface area contributed by atoms with Crippen molar-refractivity contribution in [2.45, 2.75) is 6.92 Å². The molecule has 2 aromatic carbocycles. The molecule has 0 heterocycles. The topological polar surface area (TPSA) is 24.4 Å². The number of hydrogen-bond acceptors (Lipinski definition) is 1. The summed E-state index contributed by atoms with van der Waals surface area (Å²) in [4.78, 5) is 4.32. The van der Waals surface area contributed by atoms with Gasteiger partial charge >= 0.3 is 0 Å². The smallest absolute Gasteiger partial charge is 0.132 e. The molecule has 1 N–H and O–H groups in total. The van der Waals surface area contributed by atoms with Gasteiger partial charge in [0.1, 0.15) is 5.84 Å². The van der Waals surface area contributed by atoms with E-state index in [9.17, 15) is 0 Å². The van der Waals surface area contributed by atoms with E-state index in [1.54, 1.807) is 7.05 Å². The molecule has 2 nitrogen and oxygen atoms in total. The third kappa shape index (κ3) is 2.72. The van der Waals surface area contributed by atoms with Gasteiger partial charge in [0.2, 0.25) is 0 Å². The van der Waals surface area contributed by atoms with Crippen molar-refractivity contribution in [1.29, 1.82) is 0 Å². The molecule has 0 unspecified atom stereocenters. The highest BCUT2D eigenvalue weighted by atomic mass is 15.0. The van der Waals surface area contributed by atoms with Crippen molar-refractivity contribution in [3.8, 4) is 0 Å². The van der Waals surface area contributed by atoms with Crippen LogP contribution in [-0.2, 0) is 0 Å². The van der Waals surface area contributed by atoms with Gasteiger partial charge in [-0.25, -0.2) is 0 Å². The van der Waals surface area contributed by atoms with Crippen molar-refractivity contribution in [3.63, 3.8) is 0 Å². The zero-order valence-corrected chi connectivity index (χ0v) is 10.1. The Morgan fingerprint density at radius 2 is 1.59 bits per heavy atom. The summed E-state index contributed by atoms with van der Waals surface area (Å²) in [5.41, 5.74) is 3.41. The van der Waals surface area contributed by atoms with Crippen LogP contribution in [0.5, 0.6) is 0 Å². The number of benzene rings is 2. The number of nitrogens with one attached hydrogen (secondary N) is 1. The van der Waals surface area contributed by atoms with Crippen molar-refractivity contribution in [1.82, 2.24) is 0 Å². The summed E-state index contributed by atoms with van der Waals surface area (Å²) < 4.78 is 0. The number of rotatable bonds is 2. The maximum Gasteiger partial charge on any atom is 0.132 e. The zero-order valence-electron chi connectivity index (χ0n) is 10.1. The molecule has 86 valence electrons. The van der Waals surface area contributed by atoms with E-state index in [1.807, 2.05) is 42.5 Å². The van der Waals surface area contributed by atoms with E-state index in [4.69, 9.17) is 0 Å². The number of aryl methyl sites for hydroxylation is 1. The van der Waals surface area contributed by atoms with E-state index in [0.29, 0.717) is 0 Å². The normalized spacial score (nSPS) is 11.3. The number of aliphatic imine (C=N–C) groups is 1. The first kappa shape index (κ1) is 11.4. The third-order valence-corrected chi connectivity index (χ3v) is 2.66. The fourth-order valence-corrected chi connectivity index (χ4v) is 1.74. The fraction of sp³-hybridized carbons (Fsp3) is 0.133. The predicted molar refractivity (Wildman–Crippen MR) is 73.7 cm³/mol. The molecule has 0 saturated heterocycles. The van der Waals surface area contributed by atoms with Gasteiger partial charge < -0.3 is 5.32 Å². The van der Waals surface area contributed by atoms with Crippen LogP contribution in [0.3, 0.4) is 0 Å². The van der Waals surface area contributed by atoms with Gasteiger partial charge in [-0.3, -0.25) is 4.99 Å². The highest BCUT2D eigenvalue weighted by Crippen LogP contribution is 2.12. The predicted octanol–water partition coefficient (Wildman–Crippen LogP) is 3.48. The van der Waals surface area contributed by atoms with Crippen molar-refractivity contribution < 1.29 is 0 Å². The average Bonchev–Trinajstić information content (AvgIpc) is 2.38. The fourth-order valence-electron chi connectivity index (χ4n) is 1.74. The number of hydrogen-bond donors (Lipinski definition) is 1. The molecule has 0 saturated carbocycles. The largest absolute Gasteiger partial charge is 0.340 e. The average molecular weight is 224 g/mol. The van der Waals surface area contributed by atoms with Gasteiger partial charge in [-0.15, -0.1) is 0 Å². The molecule has 0 aromatic heterocycles. The molecular formula is C15H16N2. The van der Waals surface area contributed by atoms with Crippen LogP contribution in [0.15, 0.2) is 59.6 Å². The Hall–Kier alpha value is -2.09. The van der Waals surface area contributed by atoms with Crippen LogP contribution in [-0.4, -0.2) is 12.9 Å². The number of anilines is 1. The van der Waals surface area contributed by atoms with E-state index in [0.717, 1.165) is 17.1 Å². The molecule has 0 spiro atoms. The summed E-state index contributed by atoms with van der Waals surface area (Å²) in [6, 6.07) is 18.3. The van der Waals surface area contributed by atoms with E-state index in [-0.39, 0.29) is 0 Å². The van der Waals surface area contributed by atoms with Crippen LogP contribution >= 0.6 is 0 Å². The standard InChI is InChI=1S/C15H16N2/c1-12-8-6-7-11-14(12)15(16-2)17-13-9-4-3-5-10-13/h3-11H,1-2H3,(H,16,17). The van der Waals surface area contributed by atoms with Gasteiger partial charge in [-0.2, -0.15) is 0 Å². The summed E-state index contributed by atoms with van der Waals surface area (Å²) in [5, 5.41) is 3.34. The van der Waals surface area contributed by atoms with Gasteiger partial charge in [-0.1, -0.05) is 42.5 Å². The van der Waals surface area contributed by atoms with Gasteiger partial charge in [0.15, 0.2) is 0 Å². The highest BCUT2D eigenvalue weighted by Gasteiger charge is 2.05. The van der Waals surface area contributed by atoms with Gasteiger partial charge in [-0.05, 0) is 24.6 Å². The summed E-state index contributed by atoms with van der Waals surface area (Å²) in [7, 11) is 1.80. The highest BCUT2D eigenvalue weighted by molar-refractivity contribution is 6.09. The molecule has 0 amide bonds. The van der Waals surface area contributed by atoms with E-state index < -0.39 is 0 Å². The second-order valence-corrected chi connectivity index (χ2v) is 3.88. The first-order valence-corrected chi connectivity index (χ1v) is 5.66. The number of para-hydroxylation sites is 1. The summed E-state index contributed by atoms with van der Waals surface area (Å²) in [6.45, 7) is 2.09. The molecule has 0 radical (unpaired) electrons. The Bertz CT molecular complexity index is 515. The summed E-state index contributed by atoms with van der Waals surface area (Å²) in [5.74, 6) is 0.898. The molecule has 2 rings (SSSR count). The summed E-state index contributed by atoms with van der Waals surface area (Å²) in [6.07, 6.45) is 0. The third-order valence-electron chi connectivity index (χ3n) is 2.66. The molecule has 17 heavy (non-hydrogen) atoms. The van der Waals surface area contributed by atoms with Crippen LogP contribution in [0.25, 0.3) is 0 Å². The lowest BCUT2D eigenvalue weighted by atomic mass is 10.1. The maximum absolute atomic E-state index is 4.32. The lowest BCUT2D eigenvalue weighted by Gasteiger charge is -2.11. The SMILES string of the molecule is C/N=C(/Nc1ccccc1)c1ccccc1C. The van der Waals surface area contributed by atoms with Crippen LogP contribution in [0.1, 0.15) is 11.1 Å². The van der Waals surface area contributed by atoms with Crippen LogP contribution in [0.4, 0.5) is 5.69 Å². The number of nitrogens with zero attached hydrogens (tertiary/aromatic N) is 1. The van der Waals surface area contributed by atoms with Crippen molar-refractivity contribution in [2.75, 3.05) is 12.4 Å². The van der Waals surface area contributed by atoms with Gasteiger partial charge in [0.25, 0.3) is 0 Å². The van der Waals surface area contributed by atoms with Crippen molar-refractivity contribution >= 4 is 11.5 Å². The van der Waals surface area contributed by atoms with Crippen LogP contribution in [0, 0.1) is 6.92 Å². The van der Waals surface area contributed by atoms with Crippen molar-refractivity contribution in [3.05, 3.63) is 65.7 Å². The Labute approximate surface area is 102 Å². The van der Waals surface area contributed by atoms with Gasteiger partial charge in [0.05, 0.1) is 0 Å². The zero-order chi connectivity index (χ0) is 12.1. The van der Waals surface area contributed by atoms with Crippen molar-refractivity contribution in [2.24, 2.45) is 4.99 Å². The minimum absolute atomic E-state index is 0.898. The molecule has 0 aliphatic heterocycles. The second-order valence-electron chi connectivity index (χ2n) is 3.88. The minimum Gasteiger partial charge on any atom is -0.340 e. The molecule has 2 heteroatoms. The summed E-state index contributed by atoms with van der Waals surface area (Å²) >= 11 is 0. The Balaban J connectivity index is 2.28. The number of amidine groups is 1. The second kappa shape index (κ2) is 5.30. The first-order chi connectivity index (χ1) is 8.31. The quantitative estimate of drug-likeness (QED) is 0.613. The van der Waals surface area contributed by atoms with E-state index in [2.05, 4.69) is 29.4 Å². The lowest BCUT2D eigenvalue weighted by Crippen LogP contribution is -2.14. The van der Waals surface area contributed by atoms with Crippen LogP contribution in [0.2, 0.25) is 0 Å². The molecule has 0 bridgehead atoms. The van der Waals surface area contributed by atoms with E-state index in [1.165, 1.54) is 5.56 Å². The molecule has 0 fully saturated rings. The Morgan fingerprint density at radius 3 is 2.24 bits per heavy atom. The van der Waals surface area contributed by atoms with E-state index >= 15 is 0 Å². The first-order valence-electron chi connectivity index (χ1n) is 5.66.